The van der Waals surface area contributed by atoms with Crippen molar-refractivity contribution in [3.05, 3.63) is 65.2 Å². The second-order valence-electron chi connectivity index (χ2n) is 8.61. The maximum atomic E-state index is 5.07. The lowest BCUT2D eigenvalue weighted by Crippen LogP contribution is -2.48. The Morgan fingerprint density at radius 1 is 0.903 bits per heavy atom. The van der Waals surface area contributed by atoms with Crippen LogP contribution >= 0.6 is 11.3 Å². The first-order valence-electron chi connectivity index (χ1n) is 11.7. The van der Waals surface area contributed by atoms with Crippen molar-refractivity contribution in [2.75, 3.05) is 49.1 Å². The third-order valence-electron chi connectivity index (χ3n) is 6.50. The van der Waals surface area contributed by atoms with E-state index in [9.17, 15) is 0 Å². The van der Waals surface area contributed by atoms with Gasteiger partial charge in [-0.1, -0.05) is 55.8 Å². The fourth-order valence-electron chi connectivity index (χ4n) is 4.66. The van der Waals surface area contributed by atoms with E-state index in [0.29, 0.717) is 0 Å². The Hall–Kier alpha value is -2.37. The molecular weight excluding hydrogens is 400 g/mol. The first-order chi connectivity index (χ1) is 15.3. The Balaban J connectivity index is 1.25. The van der Waals surface area contributed by atoms with Crippen molar-refractivity contribution in [3.63, 3.8) is 0 Å². The van der Waals surface area contributed by atoms with E-state index in [2.05, 4.69) is 76.2 Å². The molecule has 5 heteroatoms. The number of unbranched alkanes of at least 4 members (excludes halogenated alkanes) is 1. The average molecular weight is 433 g/mol. The number of aryl methyl sites for hydroxylation is 1. The zero-order valence-corrected chi connectivity index (χ0v) is 19.3. The lowest BCUT2D eigenvalue weighted by Gasteiger charge is -2.37. The molecule has 1 saturated heterocycles. The summed E-state index contributed by atoms with van der Waals surface area (Å²) in [6, 6.07) is 19.6. The van der Waals surface area contributed by atoms with E-state index in [0.717, 1.165) is 52.2 Å². The highest BCUT2D eigenvalue weighted by Gasteiger charge is 2.27. The number of piperazine rings is 1. The Morgan fingerprint density at radius 3 is 2.48 bits per heavy atom. The van der Waals surface area contributed by atoms with Gasteiger partial charge in [0.1, 0.15) is 10.7 Å². The highest BCUT2D eigenvalue weighted by molar-refractivity contribution is 7.16. The number of thiazole rings is 1. The third-order valence-corrected chi connectivity index (χ3v) is 7.67. The van der Waals surface area contributed by atoms with Gasteiger partial charge in [-0.2, -0.15) is 0 Å². The van der Waals surface area contributed by atoms with Crippen LogP contribution < -0.4 is 9.80 Å². The van der Waals surface area contributed by atoms with Gasteiger partial charge in [0.05, 0.1) is 5.01 Å². The minimum absolute atomic E-state index is 1.00. The first-order valence-corrected chi connectivity index (χ1v) is 12.5. The molecule has 0 bridgehead atoms. The molecule has 31 heavy (non-hydrogen) atoms. The number of para-hydroxylation sites is 1. The first kappa shape index (κ1) is 20.5. The summed E-state index contributed by atoms with van der Waals surface area (Å²) in [5.74, 6) is 0. The van der Waals surface area contributed by atoms with Crippen LogP contribution in [0.25, 0.3) is 11.3 Å². The van der Waals surface area contributed by atoms with E-state index in [1.165, 1.54) is 45.4 Å². The highest BCUT2D eigenvalue weighted by atomic mass is 32.1. The van der Waals surface area contributed by atoms with Gasteiger partial charge in [0.2, 0.25) is 0 Å². The van der Waals surface area contributed by atoms with Gasteiger partial charge in [-0.15, -0.1) is 11.3 Å². The van der Waals surface area contributed by atoms with Crippen LogP contribution in [0.4, 0.5) is 10.7 Å². The number of hydrogen-bond acceptors (Lipinski definition) is 5. The zero-order valence-electron chi connectivity index (χ0n) is 18.5. The smallest absolute Gasteiger partial charge is 0.120 e. The summed E-state index contributed by atoms with van der Waals surface area (Å²) in [6.07, 6.45) is 3.55. The second-order valence-corrected chi connectivity index (χ2v) is 9.67. The number of fused-ring (bicyclic) bond motifs is 3. The molecule has 2 aromatic carbocycles. The van der Waals surface area contributed by atoms with Crippen molar-refractivity contribution in [1.29, 1.82) is 0 Å². The van der Waals surface area contributed by atoms with E-state index in [1.54, 1.807) is 0 Å². The number of aromatic nitrogens is 1. The van der Waals surface area contributed by atoms with Gasteiger partial charge in [-0.3, -0.25) is 4.90 Å². The van der Waals surface area contributed by atoms with Crippen LogP contribution in [0.15, 0.2) is 54.6 Å². The molecule has 0 spiro atoms. The molecule has 162 valence electrons. The van der Waals surface area contributed by atoms with E-state index in [-0.39, 0.29) is 0 Å². The standard InChI is InChI=1S/C26H32N4S/c1-2-3-13-24-27-25-23-12-8-7-9-21(23)20-30(26(25)31-24)19-16-28-14-17-29(18-15-28)22-10-5-4-6-11-22/h4-12H,2-3,13-20H2,1H3. The summed E-state index contributed by atoms with van der Waals surface area (Å²) < 4.78 is 0. The molecule has 4 nitrogen and oxygen atoms in total. The summed E-state index contributed by atoms with van der Waals surface area (Å²) in [4.78, 5) is 12.8. The summed E-state index contributed by atoms with van der Waals surface area (Å²) in [6.45, 7) is 9.94. The zero-order chi connectivity index (χ0) is 21.0. The molecule has 0 aliphatic carbocycles. The van der Waals surface area contributed by atoms with Gasteiger partial charge in [0.15, 0.2) is 0 Å². The summed E-state index contributed by atoms with van der Waals surface area (Å²) in [5.41, 5.74) is 5.32. The minimum Gasteiger partial charge on any atom is -0.369 e. The van der Waals surface area contributed by atoms with Gasteiger partial charge in [0, 0.05) is 57.1 Å². The van der Waals surface area contributed by atoms with Gasteiger partial charge in [-0.05, 0) is 30.5 Å². The largest absolute Gasteiger partial charge is 0.369 e. The maximum Gasteiger partial charge on any atom is 0.120 e. The molecule has 0 unspecified atom stereocenters. The van der Waals surface area contributed by atoms with Crippen LogP contribution in [0.2, 0.25) is 0 Å². The molecule has 0 N–H and O–H groups in total. The molecule has 2 aliphatic heterocycles. The van der Waals surface area contributed by atoms with E-state index < -0.39 is 0 Å². The fourth-order valence-corrected chi connectivity index (χ4v) is 5.80. The number of nitrogens with zero attached hydrogens (tertiary/aromatic N) is 4. The van der Waals surface area contributed by atoms with Crippen molar-refractivity contribution in [3.8, 4) is 11.3 Å². The Kier molecular flexibility index (Phi) is 6.23. The SMILES string of the molecule is CCCCc1nc2c(s1)N(CCN1CCN(c3ccccc3)CC1)Cc1ccccc1-2. The fraction of sp³-hybridized carbons (Fsp3) is 0.423. The average Bonchev–Trinajstić information content (AvgIpc) is 3.27. The van der Waals surface area contributed by atoms with Gasteiger partial charge >= 0.3 is 0 Å². The molecule has 5 rings (SSSR count). The van der Waals surface area contributed by atoms with Gasteiger partial charge < -0.3 is 9.80 Å². The van der Waals surface area contributed by atoms with Crippen molar-refractivity contribution < 1.29 is 0 Å². The van der Waals surface area contributed by atoms with E-state index in [4.69, 9.17) is 4.98 Å². The Bertz CT molecular complexity index is 992. The molecule has 0 atom stereocenters. The molecule has 0 amide bonds. The number of benzene rings is 2. The molecule has 2 aliphatic rings. The van der Waals surface area contributed by atoms with E-state index in [1.807, 2.05) is 11.3 Å². The van der Waals surface area contributed by atoms with Crippen molar-refractivity contribution in [2.45, 2.75) is 32.7 Å². The molecule has 1 fully saturated rings. The summed E-state index contributed by atoms with van der Waals surface area (Å²) >= 11 is 1.92. The predicted molar refractivity (Wildman–Crippen MR) is 132 cm³/mol. The van der Waals surface area contributed by atoms with E-state index >= 15 is 0 Å². The van der Waals surface area contributed by atoms with Crippen LogP contribution in [0, 0.1) is 0 Å². The monoisotopic (exact) mass is 432 g/mol. The third kappa shape index (κ3) is 4.48. The van der Waals surface area contributed by atoms with Crippen molar-refractivity contribution in [1.82, 2.24) is 9.88 Å². The van der Waals surface area contributed by atoms with Crippen molar-refractivity contribution >= 4 is 22.0 Å². The molecular formula is C26H32N4S. The van der Waals surface area contributed by atoms with Crippen LogP contribution in [-0.2, 0) is 13.0 Å². The quantitative estimate of drug-likeness (QED) is 0.506. The van der Waals surface area contributed by atoms with Crippen LogP contribution in [0.5, 0.6) is 0 Å². The normalized spacial score (nSPS) is 16.3. The lowest BCUT2D eigenvalue weighted by molar-refractivity contribution is 0.262. The molecule has 3 heterocycles. The molecule has 3 aromatic rings. The highest BCUT2D eigenvalue weighted by Crippen LogP contribution is 2.42. The molecule has 0 radical (unpaired) electrons. The molecule has 1 aromatic heterocycles. The summed E-state index contributed by atoms with van der Waals surface area (Å²) in [7, 11) is 0. The lowest BCUT2D eigenvalue weighted by atomic mass is 10.0. The Morgan fingerprint density at radius 2 is 1.68 bits per heavy atom. The molecule has 0 saturated carbocycles. The topological polar surface area (TPSA) is 22.6 Å². The van der Waals surface area contributed by atoms with Gasteiger partial charge in [0.25, 0.3) is 0 Å². The Labute approximate surface area is 190 Å². The number of rotatable bonds is 7. The van der Waals surface area contributed by atoms with Crippen molar-refractivity contribution in [2.24, 2.45) is 0 Å². The second kappa shape index (κ2) is 9.41. The van der Waals surface area contributed by atoms with Gasteiger partial charge in [-0.25, -0.2) is 4.98 Å². The maximum absolute atomic E-state index is 5.07. The minimum atomic E-state index is 1.00. The number of hydrogen-bond donors (Lipinski definition) is 0. The van der Waals surface area contributed by atoms with Crippen LogP contribution in [-0.4, -0.2) is 49.2 Å². The number of anilines is 2. The summed E-state index contributed by atoms with van der Waals surface area (Å²) in [5, 5.41) is 2.68. The van der Waals surface area contributed by atoms with Crippen LogP contribution in [0.3, 0.4) is 0 Å². The predicted octanol–water partition coefficient (Wildman–Crippen LogP) is 5.29. The van der Waals surface area contributed by atoms with Crippen LogP contribution in [0.1, 0.15) is 30.3 Å².